The molecule has 0 saturated carbocycles. The molecule has 0 radical (unpaired) electrons. The molecule has 1 aromatic heterocycles. The number of nitrogens with one attached hydrogen (secondary N) is 1. The van der Waals surface area contributed by atoms with Crippen LogP contribution in [0.5, 0.6) is 5.88 Å². The minimum absolute atomic E-state index is 0.561. The predicted molar refractivity (Wildman–Crippen MR) is 74.7 cm³/mol. The maximum atomic E-state index is 5.15. The summed E-state index contributed by atoms with van der Waals surface area (Å²) in [5, 5.41) is 3.30. The second-order valence-electron chi connectivity index (χ2n) is 4.86. The second-order valence-corrected chi connectivity index (χ2v) is 4.86. The number of nitrogens with zero attached hydrogens (tertiary/aromatic N) is 2. The molecule has 0 amide bonds. The molecule has 0 aliphatic heterocycles. The maximum absolute atomic E-state index is 5.15. The summed E-state index contributed by atoms with van der Waals surface area (Å²) in [5.41, 5.74) is 3.80. The summed E-state index contributed by atoms with van der Waals surface area (Å²) in [4.78, 5) is 8.66. The molecule has 19 heavy (non-hydrogen) atoms. The van der Waals surface area contributed by atoms with Crippen molar-refractivity contribution in [1.29, 1.82) is 0 Å². The lowest BCUT2D eigenvalue weighted by Crippen LogP contribution is -2.24. The zero-order valence-corrected chi connectivity index (χ0v) is 11.2. The molecular formula is C15H17N3O. The lowest BCUT2D eigenvalue weighted by Gasteiger charge is -2.30. The molecule has 0 fully saturated rings. The van der Waals surface area contributed by atoms with Crippen LogP contribution in [0.4, 0.5) is 5.95 Å². The lowest BCUT2D eigenvalue weighted by molar-refractivity contribution is 0.397. The number of rotatable bonds is 4. The number of aromatic nitrogens is 2. The van der Waals surface area contributed by atoms with Crippen LogP contribution >= 0.6 is 0 Å². The predicted octanol–water partition coefficient (Wildman–Crippen LogP) is 2.55. The van der Waals surface area contributed by atoms with E-state index < -0.39 is 0 Å². The molecule has 1 aromatic carbocycles. The van der Waals surface area contributed by atoms with Crippen molar-refractivity contribution >= 4 is 5.95 Å². The number of hydrogen-bond acceptors (Lipinski definition) is 4. The smallest absolute Gasteiger partial charge is 0.226 e. The minimum Gasteiger partial charge on any atom is -0.481 e. The molecule has 3 rings (SSSR count). The van der Waals surface area contributed by atoms with E-state index >= 15 is 0 Å². The van der Waals surface area contributed by atoms with Crippen LogP contribution in [0.2, 0.25) is 0 Å². The van der Waals surface area contributed by atoms with E-state index in [1.807, 2.05) is 13.0 Å². The summed E-state index contributed by atoms with van der Waals surface area (Å²) in [6.07, 6.45) is 1.13. The molecule has 0 bridgehead atoms. The van der Waals surface area contributed by atoms with Gasteiger partial charge in [-0.1, -0.05) is 24.3 Å². The summed E-state index contributed by atoms with van der Waals surface area (Å²) in [5.74, 6) is 1.80. The molecule has 98 valence electrons. The number of methoxy groups -OCH3 is 1. The first-order valence-corrected chi connectivity index (χ1v) is 6.47. The zero-order valence-electron chi connectivity index (χ0n) is 11.2. The highest BCUT2D eigenvalue weighted by Gasteiger charge is 2.25. The fourth-order valence-corrected chi connectivity index (χ4v) is 2.48. The number of fused-ring (bicyclic) bond motifs is 1. The van der Waals surface area contributed by atoms with Gasteiger partial charge in [0, 0.05) is 24.2 Å². The first-order valence-electron chi connectivity index (χ1n) is 6.47. The van der Waals surface area contributed by atoms with E-state index in [1.54, 1.807) is 7.11 Å². The van der Waals surface area contributed by atoms with Crippen LogP contribution in [0.15, 0.2) is 30.3 Å². The Balaban J connectivity index is 1.66. The fourth-order valence-electron chi connectivity index (χ4n) is 2.48. The van der Waals surface area contributed by atoms with Crippen molar-refractivity contribution < 1.29 is 4.74 Å². The molecule has 1 atom stereocenters. The van der Waals surface area contributed by atoms with Gasteiger partial charge in [-0.15, -0.1) is 0 Å². The molecule has 0 spiro atoms. The van der Waals surface area contributed by atoms with Gasteiger partial charge < -0.3 is 10.1 Å². The summed E-state index contributed by atoms with van der Waals surface area (Å²) < 4.78 is 5.15. The van der Waals surface area contributed by atoms with Gasteiger partial charge in [-0.2, -0.15) is 4.98 Å². The van der Waals surface area contributed by atoms with E-state index in [1.165, 1.54) is 11.1 Å². The van der Waals surface area contributed by atoms with Gasteiger partial charge in [0.25, 0.3) is 0 Å². The average molecular weight is 255 g/mol. The van der Waals surface area contributed by atoms with Gasteiger partial charge in [-0.3, -0.25) is 0 Å². The van der Waals surface area contributed by atoms with Crippen LogP contribution in [0.3, 0.4) is 0 Å². The molecule has 1 unspecified atom stereocenters. The van der Waals surface area contributed by atoms with E-state index in [2.05, 4.69) is 39.6 Å². The van der Waals surface area contributed by atoms with Crippen molar-refractivity contribution in [3.05, 3.63) is 47.2 Å². The van der Waals surface area contributed by atoms with Gasteiger partial charge in [-0.25, -0.2) is 4.98 Å². The summed E-state index contributed by atoms with van der Waals surface area (Å²) in [7, 11) is 1.62. The van der Waals surface area contributed by atoms with Crippen LogP contribution in [-0.4, -0.2) is 23.6 Å². The van der Waals surface area contributed by atoms with E-state index in [4.69, 9.17) is 4.74 Å². The van der Waals surface area contributed by atoms with Crippen molar-refractivity contribution in [2.75, 3.05) is 19.0 Å². The third-order valence-corrected chi connectivity index (χ3v) is 3.51. The monoisotopic (exact) mass is 255 g/mol. The first-order chi connectivity index (χ1) is 9.26. The standard InChI is InChI=1S/C15H17N3O/c1-10-7-14(19-2)18-15(17-10)16-9-12-8-11-5-3-4-6-13(11)12/h3-7,12H,8-9H2,1-2H3,(H,16,17,18). The molecule has 1 N–H and O–H groups in total. The van der Waals surface area contributed by atoms with Gasteiger partial charge in [0.15, 0.2) is 0 Å². The Kier molecular flexibility index (Phi) is 3.07. The number of anilines is 1. The third kappa shape index (κ3) is 2.38. The molecule has 0 saturated heterocycles. The first kappa shape index (κ1) is 12.0. The lowest BCUT2D eigenvalue weighted by atomic mass is 9.78. The zero-order chi connectivity index (χ0) is 13.2. The van der Waals surface area contributed by atoms with Crippen LogP contribution in [0.25, 0.3) is 0 Å². The molecule has 1 aliphatic rings. The third-order valence-electron chi connectivity index (χ3n) is 3.51. The van der Waals surface area contributed by atoms with E-state index in [9.17, 15) is 0 Å². The molecule has 4 nitrogen and oxygen atoms in total. The van der Waals surface area contributed by atoms with Crippen LogP contribution in [0.1, 0.15) is 22.7 Å². The Morgan fingerprint density at radius 2 is 2.16 bits per heavy atom. The Labute approximate surface area is 112 Å². The minimum atomic E-state index is 0.561. The van der Waals surface area contributed by atoms with Gasteiger partial charge in [0.1, 0.15) is 0 Å². The van der Waals surface area contributed by atoms with Crippen molar-refractivity contribution in [1.82, 2.24) is 9.97 Å². The van der Waals surface area contributed by atoms with E-state index in [-0.39, 0.29) is 0 Å². The van der Waals surface area contributed by atoms with Crippen molar-refractivity contribution in [3.8, 4) is 5.88 Å². The summed E-state index contributed by atoms with van der Waals surface area (Å²) in [6, 6.07) is 10.4. The number of aryl methyl sites for hydroxylation is 1. The van der Waals surface area contributed by atoms with Crippen molar-refractivity contribution in [3.63, 3.8) is 0 Å². The largest absolute Gasteiger partial charge is 0.481 e. The second kappa shape index (κ2) is 4.88. The molecule has 4 heteroatoms. The Hall–Kier alpha value is -2.10. The van der Waals surface area contributed by atoms with E-state index in [0.717, 1.165) is 18.7 Å². The van der Waals surface area contributed by atoms with Crippen molar-refractivity contribution in [2.45, 2.75) is 19.3 Å². The number of ether oxygens (including phenoxy) is 1. The highest BCUT2D eigenvalue weighted by molar-refractivity contribution is 5.42. The SMILES string of the molecule is COc1cc(C)nc(NCC2Cc3ccccc32)n1. The van der Waals surface area contributed by atoms with Gasteiger partial charge in [0.2, 0.25) is 11.8 Å². The fraction of sp³-hybridized carbons (Fsp3) is 0.333. The maximum Gasteiger partial charge on any atom is 0.226 e. The highest BCUT2D eigenvalue weighted by Crippen LogP contribution is 2.34. The Morgan fingerprint density at radius 3 is 2.95 bits per heavy atom. The highest BCUT2D eigenvalue weighted by atomic mass is 16.5. The van der Waals surface area contributed by atoms with Gasteiger partial charge in [-0.05, 0) is 24.5 Å². The average Bonchev–Trinajstić information content (AvgIpc) is 2.39. The summed E-state index contributed by atoms with van der Waals surface area (Å²) >= 11 is 0. The Bertz CT molecular complexity index is 598. The number of hydrogen-bond donors (Lipinski definition) is 1. The molecule has 1 aliphatic carbocycles. The van der Waals surface area contributed by atoms with Crippen molar-refractivity contribution in [2.24, 2.45) is 0 Å². The van der Waals surface area contributed by atoms with Crippen LogP contribution in [0, 0.1) is 6.92 Å². The molecule has 2 aromatic rings. The quantitative estimate of drug-likeness (QED) is 0.912. The number of benzene rings is 1. The molecule has 1 heterocycles. The Morgan fingerprint density at radius 1 is 1.32 bits per heavy atom. The van der Waals surface area contributed by atoms with Crippen LogP contribution < -0.4 is 10.1 Å². The summed E-state index contributed by atoms with van der Waals surface area (Å²) in [6.45, 7) is 2.80. The van der Waals surface area contributed by atoms with Gasteiger partial charge >= 0.3 is 0 Å². The normalized spacial score (nSPS) is 16.4. The van der Waals surface area contributed by atoms with Gasteiger partial charge in [0.05, 0.1) is 7.11 Å². The molecular weight excluding hydrogens is 238 g/mol. The topological polar surface area (TPSA) is 47.0 Å². The van der Waals surface area contributed by atoms with Crippen LogP contribution in [-0.2, 0) is 6.42 Å². The van der Waals surface area contributed by atoms with E-state index in [0.29, 0.717) is 17.7 Å².